The summed E-state index contributed by atoms with van der Waals surface area (Å²) in [5.41, 5.74) is 2.15. The van der Waals surface area contributed by atoms with Crippen LogP contribution in [0.4, 0.5) is 0 Å². The van der Waals surface area contributed by atoms with Gasteiger partial charge in [0, 0.05) is 30.8 Å². The normalized spacial score (nSPS) is 24.8. The van der Waals surface area contributed by atoms with Crippen LogP contribution in [-0.4, -0.2) is 76.4 Å². The Kier molecular flexibility index (Phi) is 6.35. The number of carbonyl (C=O) groups excluding carboxylic acids is 2. The van der Waals surface area contributed by atoms with Gasteiger partial charge in [0.15, 0.2) is 11.5 Å². The van der Waals surface area contributed by atoms with Crippen molar-refractivity contribution < 1.29 is 19.1 Å². The smallest absolute Gasteiger partial charge is 0.253 e. The second-order valence-electron chi connectivity index (χ2n) is 9.98. The first kappa shape index (κ1) is 23.4. The highest BCUT2D eigenvalue weighted by Gasteiger charge is 2.38. The van der Waals surface area contributed by atoms with Gasteiger partial charge in [-0.3, -0.25) is 14.5 Å². The van der Waals surface area contributed by atoms with Crippen LogP contribution in [0.3, 0.4) is 0 Å². The number of aliphatic imine (C=N–C) groups is 1. The Balaban J connectivity index is 1.08. The van der Waals surface area contributed by atoms with Crippen molar-refractivity contribution in [2.45, 2.75) is 44.7 Å². The standard InChI is InChI=1S/C27H30N4O4S/c32-25(30-12-8-20(9-13-30)29-10-2-1-3-11-29)19-6-4-18(5-7-19)16-31-26(33)21-14-23-24(35-17-34-23)15-22(21)28-27(31)36/h4-7,14-15,20-21H,1-3,8-13,16-17H2. The minimum absolute atomic E-state index is 0.0765. The number of rotatable bonds is 4. The molecule has 0 N–H and O–H groups in total. The SMILES string of the molecule is O=C(c1ccc(CN2C(=O)C3C=C4OCOC4=CC3=NC2=S)cc1)N1CCC(N2CCCCC2)CC1. The Labute approximate surface area is 216 Å². The van der Waals surface area contributed by atoms with Crippen LogP contribution in [0, 0.1) is 5.92 Å². The van der Waals surface area contributed by atoms with Crippen molar-refractivity contribution in [3.05, 3.63) is 59.1 Å². The summed E-state index contributed by atoms with van der Waals surface area (Å²) in [5.74, 6) is 0.562. The molecule has 8 nitrogen and oxygen atoms in total. The highest BCUT2D eigenvalue weighted by molar-refractivity contribution is 7.80. The largest absolute Gasteiger partial charge is 0.454 e. The molecule has 3 saturated heterocycles. The summed E-state index contributed by atoms with van der Waals surface area (Å²) in [7, 11) is 0. The van der Waals surface area contributed by atoms with E-state index in [1.54, 1.807) is 12.2 Å². The summed E-state index contributed by atoms with van der Waals surface area (Å²) in [4.78, 5) is 36.9. The van der Waals surface area contributed by atoms with Crippen molar-refractivity contribution in [3.8, 4) is 0 Å². The van der Waals surface area contributed by atoms with E-state index in [0.29, 0.717) is 35.4 Å². The number of ether oxygens (including phenoxy) is 2. The van der Waals surface area contributed by atoms with Crippen LogP contribution in [0.5, 0.6) is 0 Å². The first-order valence-electron chi connectivity index (χ1n) is 12.8. The van der Waals surface area contributed by atoms with E-state index < -0.39 is 5.92 Å². The van der Waals surface area contributed by atoms with E-state index in [4.69, 9.17) is 21.7 Å². The Bertz CT molecular complexity index is 1160. The third kappa shape index (κ3) is 4.46. The highest BCUT2D eigenvalue weighted by atomic mass is 32.1. The summed E-state index contributed by atoms with van der Waals surface area (Å²) in [6.07, 6.45) is 9.51. The van der Waals surface area contributed by atoms with Crippen molar-refractivity contribution in [1.82, 2.24) is 14.7 Å². The van der Waals surface area contributed by atoms with Gasteiger partial charge in [0.1, 0.15) is 5.92 Å². The van der Waals surface area contributed by atoms with Crippen LogP contribution < -0.4 is 0 Å². The predicted octanol–water partition coefficient (Wildman–Crippen LogP) is 3.25. The predicted molar refractivity (Wildman–Crippen MR) is 138 cm³/mol. The number of amides is 2. The fraction of sp³-hybridized carbons (Fsp3) is 0.481. The van der Waals surface area contributed by atoms with E-state index in [9.17, 15) is 9.59 Å². The molecular weight excluding hydrogens is 476 g/mol. The third-order valence-corrected chi connectivity index (χ3v) is 8.09. The molecular formula is C27H30N4O4S. The topological polar surface area (TPSA) is 74.7 Å². The van der Waals surface area contributed by atoms with E-state index in [2.05, 4.69) is 9.89 Å². The Morgan fingerprint density at radius 1 is 1.00 bits per heavy atom. The number of carbonyl (C=O) groups is 2. The number of likely N-dealkylation sites (tertiary alicyclic amines) is 2. The molecule has 1 aromatic carbocycles. The van der Waals surface area contributed by atoms with Crippen LogP contribution in [-0.2, 0) is 20.8 Å². The van der Waals surface area contributed by atoms with E-state index in [0.717, 1.165) is 31.5 Å². The van der Waals surface area contributed by atoms with Crippen molar-refractivity contribution in [1.29, 1.82) is 0 Å². The molecule has 1 aromatic rings. The number of piperidine rings is 2. The monoisotopic (exact) mass is 506 g/mol. The van der Waals surface area contributed by atoms with Crippen LogP contribution in [0.2, 0.25) is 0 Å². The van der Waals surface area contributed by atoms with Gasteiger partial charge in [-0.2, -0.15) is 0 Å². The van der Waals surface area contributed by atoms with Gasteiger partial charge in [-0.1, -0.05) is 18.6 Å². The molecule has 0 saturated carbocycles. The molecule has 9 heteroatoms. The fourth-order valence-electron chi connectivity index (χ4n) is 5.72. The molecule has 0 radical (unpaired) electrons. The Morgan fingerprint density at radius 3 is 2.47 bits per heavy atom. The third-order valence-electron chi connectivity index (χ3n) is 7.78. The fourth-order valence-corrected chi connectivity index (χ4v) is 5.98. The maximum Gasteiger partial charge on any atom is 0.253 e. The average molecular weight is 507 g/mol. The highest BCUT2D eigenvalue weighted by Crippen LogP contribution is 2.31. The second kappa shape index (κ2) is 9.78. The van der Waals surface area contributed by atoms with Crippen molar-refractivity contribution >= 4 is 34.9 Å². The van der Waals surface area contributed by atoms with Crippen LogP contribution in [0.25, 0.3) is 0 Å². The number of hydrogen-bond donors (Lipinski definition) is 0. The zero-order valence-electron chi connectivity index (χ0n) is 20.2. The maximum absolute atomic E-state index is 13.2. The van der Waals surface area contributed by atoms with Gasteiger partial charge in [-0.05, 0) is 74.8 Å². The van der Waals surface area contributed by atoms with Gasteiger partial charge < -0.3 is 19.3 Å². The molecule has 1 atom stereocenters. The lowest BCUT2D eigenvalue weighted by atomic mass is 9.93. The summed E-state index contributed by atoms with van der Waals surface area (Å²) < 4.78 is 10.8. The zero-order chi connectivity index (χ0) is 24.6. The van der Waals surface area contributed by atoms with Gasteiger partial charge in [0.2, 0.25) is 17.8 Å². The summed E-state index contributed by atoms with van der Waals surface area (Å²) in [6, 6.07) is 8.10. The van der Waals surface area contributed by atoms with E-state index in [1.165, 1.54) is 37.3 Å². The molecule has 0 bridgehead atoms. The van der Waals surface area contributed by atoms with E-state index in [1.807, 2.05) is 29.2 Å². The molecule has 6 rings (SSSR count). The molecule has 0 aromatic heterocycles. The number of allylic oxidation sites excluding steroid dienone is 1. The van der Waals surface area contributed by atoms with Crippen molar-refractivity contribution in [2.24, 2.45) is 10.9 Å². The summed E-state index contributed by atoms with van der Waals surface area (Å²) in [5, 5.41) is 0.232. The Morgan fingerprint density at radius 2 is 1.72 bits per heavy atom. The number of benzene rings is 1. The molecule has 1 unspecified atom stereocenters. The molecule has 2 amide bonds. The average Bonchev–Trinajstić information content (AvgIpc) is 3.38. The van der Waals surface area contributed by atoms with Crippen molar-refractivity contribution in [2.75, 3.05) is 33.0 Å². The van der Waals surface area contributed by atoms with Crippen LogP contribution in [0.15, 0.2) is 52.9 Å². The van der Waals surface area contributed by atoms with Crippen molar-refractivity contribution in [3.63, 3.8) is 0 Å². The summed E-state index contributed by atoms with van der Waals surface area (Å²) >= 11 is 5.43. The minimum atomic E-state index is -0.536. The van der Waals surface area contributed by atoms with Crippen LogP contribution >= 0.6 is 12.2 Å². The number of fused-ring (bicyclic) bond motifs is 2. The lowest BCUT2D eigenvalue weighted by Crippen LogP contribution is -2.48. The first-order chi connectivity index (χ1) is 17.6. The first-order valence-corrected chi connectivity index (χ1v) is 13.2. The maximum atomic E-state index is 13.2. The molecule has 3 fully saturated rings. The van der Waals surface area contributed by atoms with E-state index >= 15 is 0 Å². The molecule has 1 aliphatic carbocycles. The van der Waals surface area contributed by atoms with Crippen LogP contribution in [0.1, 0.15) is 48.0 Å². The Hall–Kier alpha value is -3.04. The van der Waals surface area contributed by atoms with Gasteiger partial charge in [0.05, 0.1) is 12.3 Å². The van der Waals surface area contributed by atoms with Gasteiger partial charge in [-0.25, -0.2) is 4.99 Å². The molecule has 36 heavy (non-hydrogen) atoms. The number of thiocarbonyl (C=S) groups is 1. The minimum Gasteiger partial charge on any atom is -0.454 e. The molecule has 4 heterocycles. The molecule has 0 spiro atoms. The molecule has 188 valence electrons. The zero-order valence-corrected chi connectivity index (χ0v) is 21.0. The van der Waals surface area contributed by atoms with E-state index in [-0.39, 0.29) is 23.7 Å². The molecule has 4 aliphatic heterocycles. The van der Waals surface area contributed by atoms with Gasteiger partial charge >= 0.3 is 0 Å². The number of nitrogens with zero attached hydrogens (tertiary/aromatic N) is 4. The quantitative estimate of drug-likeness (QED) is 0.584. The van der Waals surface area contributed by atoms with Gasteiger partial charge in [0.25, 0.3) is 5.91 Å². The van der Waals surface area contributed by atoms with Gasteiger partial charge in [-0.15, -0.1) is 0 Å². The second-order valence-corrected chi connectivity index (χ2v) is 10.3. The molecule has 5 aliphatic rings. The number of hydrogen-bond acceptors (Lipinski definition) is 6. The lowest BCUT2D eigenvalue weighted by Gasteiger charge is -2.40. The lowest BCUT2D eigenvalue weighted by molar-refractivity contribution is -0.129. The summed E-state index contributed by atoms with van der Waals surface area (Å²) in [6.45, 7) is 4.46.